The van der Waals surface area contributed by atoms with E-state index in [2.05, 4.69) is 40.3 Å². The Labute approximate surface area is 127 Å². The Kier molecular flexibility index (Phi) is 5.01. The molecule has 0 amide bonds. The van der Waals surface area contributed by atoms with Crippen molar-refractivity contribution < 1.29 is 9.13 Å². The summed E-state index contributed by atoms with van der Waals surface area (Å²) in [6.07, 6.45) is 0.919. The molecule has 0 saturated heterocycles. The van der Waals surface area contributed by atoms with Crippen molar-refractivity contribution in [2.75, 3.05) is 12.4 Å². The van der Waals surface area contributed by atoms with Crippen LogP contribution >= 0.6 is 15.9 Å². The maximum absolute atomic E-state index is 13.2. The van der Waals surface area contributed by atoms with E-state index in [1.165, 1.54) is 17.7 Å². The predicted octanol–water partition coefficient (Wildman–Crippen LogP) is 5.16. The fraction of sp³-hybridized carbons (Fsp3) is 0.250. The molecule has 4 heteroatoms. The van der Waals surface area contributed by atoms with Crippen LogP contribution in [0.3, 0.4) is 0 Å². The molecular formula is C16H17BrFNO. The molecule has 2 rings (SSSR count). The lowest BCUT2D eigenvalue weighted by Crippen LogP contribution is -2.10. The Bertz CT molecular complexity index is 571. The number of rotatable bonds is 5. The normalized spacial score (nSPS) is 12.0. The van der Waals surface area contributed by atoms with Gasteiger partial charge in [-0.1, -0.05) is 35.0 Å². The van der Waals surface area contributed by atoms with E-state index in [4.69, 9.17) is 4.74 Å². The van der Waals surface area contributed by atoms with Crippen molar-refractivity contribution in [2.45, 2.75) is 19.4 Å². The van der Waals surface area contributed by atoms with Crippen LogP contribution in [-0.2, 0) is 0 Å². The summed E-state index contributed by atoms with van der Waals surface area (Å²) in [5, 5.41) is 3.40. The number of ether oxygens (including phenoxy) is 1. The van der Waals surface area contributed by atoms with E-state index in [1.807, 2.05) is 12.1 Å². The second-order valence-corrected chi connectivity index (χ2v) is 5.42. The predicted molar refractivity (Wildman–Crippen MR) is 83.7 cm³/mol. The van der Waals surface area contributed by atoms with Gasteiger partial charge in [0, 0.05) is 10.5 Å². The lowest BCUT2D eigenvalue weighted by atomic mass is 10.0. The van der Waals surface area contributed by atoms with Gasteiger partial charge in [-0.05, 0) is 36.2 Å². The average Bonchev–Trinajstić information content (AvgIpc) is 2.47. The summed E-state index contributed by atoms with van der Waals surface area (Å²) < 4.78 is 19.5. The molecule has 0 aromatic heterocycles. The van der Waals surface area contributed by atoms with E-state index in [0.29, 0.717) is 5.75 Å². The van der Waals surface area contributed by atoms with Gasteiger partial charge in [0.1, 0.15) is 11.6 Å². The summed E-state index contributed by atoms with van der Waals surface area (Å²) >= 11 is 3.43. The number of hydrogen-bond donors (Lipinski definition) is 1. The van der Waals surface area contributed by atoms with Crippen molar-refractivity contribution in [1.29, 1.82) is 0 Å². The first-order valence-electron chi connectivity index (χ1n) is 6.49. The van der Waals surface area contributed by atoms with Gasteiger partial charge in [0.25, 0.3) is 0 Å². The Morgan fingerprint density at radius 2 is 1.90 bits per heavy atom. The van der Waals surface area contributed by atoms with Crippen LogP contribution in [0.2, 0.25) is 0 Å². The number of anilines is 1. The fourth-order valence-electron chi connectivity index (χ4n) is 2.09. The quantitative estimate of drug-likeness (QED) is 0.813. The topological polar surface area (TPSA) is 21.3 Å². The monoisotopic (exact) mass is 337 g/mol. The number of methoxy groups -OCH3 is 1. The summed E-state index contributed by atoms with van der Waals surface area (Å²) in [6.45, 7) is 2.11. The summed E-state index contributed by atoms with van der Waals surface area (Å²) in [6, 6.07) is 12.8. The van der Waals surface area contributed by atoms with Crippen molar-refractivity contribution in [3.05, 3.63) is 58.3 Å². The fourth-order valence-corrected chi connectivity index (χ4v) is 2.35. The molecule has 0 aliphatic carbocycles. The van der Waals surface area contributed by atoms with E-state index in [-0.39, 0.29) is 11.9 Å². The highest BCUT2D eigenvalue weighted by Crippen LogP contribution is 2.30. The highest BCUT2D eigenvalue weighted by Gasteiger charge is 2.12. The van der Waals surface area contributed by atoms with Crippen molar-refractivity contribution >= 4 is 21.6 Å². The lowest BCUT2D eigenvalue weighted by molar-refractivity contribution is 0.412. The van der Waals surface area contributed by atoms with Crippen LogP contribution in [0, 0.1) is 5.82 Å². The summed E-state index contributed by atoms with van der Waals surface area (Å²) in [7, 11) is 1.54. The molecule has 2 nitrogen and oxygen atoms in total. The van der Waals surface area contributed by atoms with Crippen molar-refractivity contribution in [1.82, 2.24) is 0 Å². The molecule has 0 heterocycles. The zero-order valence-corrected chi connectivity index (χ0v) is 13.1. The van der Waals surface area contributed by atoms with Gasteiger partial charge in [-0.25, -0.2) is 4.39 Å². The first kappa shape index (κ1) is 14.9. The SMILES string of the molecule is CCC(Nc1ccc(F)cc1OC)c1ccc(Br)cc1. The molecule has 2 aromatic rings. The summed E-state index contributed by atoms with van der Waals surface area (Å²) in [4.78, 5) is 0. The number of hydrogen-bond acceptors (Lipinski definition) is 2. The van der Waals surface area contributed by atoms with Gasteiger partial charge >= 0.3 is 0 Å². The van der Waals surface area contributed by atoms with Gasteiger partial charge in [-0.3, -0.25) is 0 Å². The largest absolute Gasteiger partial charge is 0.494 e. The maximum atomic E-state index is 13.2. The van der Waals surface area contributed by atoms with Gasteiger partial charge < -0.3 is 10.1 Å². The molecule has 2 aromatic carbocycles. The molecule has 0 radical (unpaired) electrons. The molecule has 0 aliphatic rings. The van der Waals surface area contributed by atoms with Crippen LogP contribution in [0.15, 0.2) is 46.9 Å². The molecule has 1 N–H and O–H groups in total. The van der Waals surface area contributed by atoms with E-state index in [0.717, 1.165) is 16.6 Å². The Balaban J connectivity index is 2.24. The van der Waals surface area contributed by atoms with E-state index < -0.39 is 0 Å². The number of nitrogens with one attached hydrogen (secondary N) is 1. The minimum absolute atomic E-state index is 0.155. The van der Waals surface area contributed by atoms with Gasteiger partial charge in [0.2, 0.25) is 0 Å². The molecule has 1 atom stereocenters. The molecule has 0 fully saturated rings. The van der Waals surface area contributed by atoms with Crippen LogP contribution in [-0.4, -0.2) is 7.11 Å². The maximum Gasteiger partial charge on any atom is 0.144 e. The standard InChI is InChI=1S/C16H17BrFNO/c1-3-14(11-4-6-12(17)7-5-11)19-15-9-8-13(18)10-16(15)20-2/h4-10,14,19H,3H2,1-2H3. The van der Waals surface area contributed by atoms with Gasteiger partial charge in [-0.2, -0.15) is 0 Å². The first-order valence-corrected chi connectivity index (χ1v) is 7.29. The summed E-state index contributed by atoms with van der Waals surface area (Å²) in [5.41, 5.74) is 1.98. The third kappa shape index (κ3) is 3.51. The third-order valence-corrected chi connectivity index (χ3v) is 3.70. The minimum atomic E-state index is -0.302. The van der Waals surface area contributed by atoms with Gasteiger partial charge in [0.05, 0.1) is 18.8 Å². The van der Waals surface area contributed by atoms with E-state index in [9.17, 15) is 4.39 Å². The summed E-state index contributed by atoms with van der Waals surface area (Å²) in [5.74, 6) is 0.213. The molecule has 20 heavy (non-hydrogen) atoms. The van der Waals surface area contributed by atoms with Crippen LogP contribution in [0.4, 0.5) is 10.1 Å². The Morgan fingerprint density at radius 3 is 2.50 bits per heavy atom. The molecular weight excluding hydrogens is 321 g/mol. The minimum Gasteiger partial charge on any atom is -0.494 e. The van der Waals surface area contributed by atoms with Crippen molar-refractivity contribution in [3.63, 3.8) is 0 Å². The van der Waals surface area contributed by atoms with Gasteiger partial charge in [-0.15, -0.1) is 0 Å². The van der Waals surface area contributed by atoms with Crippen LogP contribution in [0.25, 0.3) is 0 Å². The van der Waals surface area contributed by atoms with Crippen LogP contribution in [0.5, 0.6) is 5.75 Å². The van der Waals surface area contributed by atoms with Gasteiger partial charge in [0.15, 0.2) is 0 Å². The van der Waals surface area contributed by atoms with Crippen LogP contribution in [0.1, 0.15) is 24.9 Å². The highest BCUT2D eigenvalue weighted by atomic mass is 79.9. The zero-order chi connectivity index (χ0) is 14.5. The Hall–Kier alpha value is -1.55. The second kappa shape index (κ2) is 6.75. The smallest absolute Gasteiger partial charge is 0.144 e. The third-order valence-electron chi connectivity index (χ3n) is 3.17. The lowest BCUT2D eigenvalue weighted by Gasteiger charge is -2.20. The molecule has 1 unspecified atom stereocenters. The molecule has 0 aliphatic heterocycles. The molecule has 0 saturated carbocycles. The highest BCUT2D eigenvalue weighted by molar-refractivity contribution is 9.10. The second-order valence-electron chi connectivity index (χ2n) is 4.50. The van der Waals surface area contributed by atoms with Crippen molar-refractivity contribution in [2.24, 2.45) is 0 Å². The van der Waals surface area contributed by atoms with Crippen LogP contribution < -0.4 is 10.1 Å². The number of benzene rings is 2. The molecule has 0 bridgehead atoms. The van der Waals surface area contributed by atoms with Crippen molar-refractivity contribution in [3.8, 4) is 5.75 Å². The van der Waals surface area contributed by atoms with E-state index >= 15 is 0 Å². The Morgan fingerprint density at radius 1 is 1.20 bits per heavy atom. The van der Waals surface area contributed by atoms with E-state index in [1.54, 1.807) is 13.2 Å². The molecule has 106 valence electrons. The molecule has 0 spiro atoms. The number of halogens is 2. The first-order chi connectivity index (χ1) is 9.63. The zero-order valence-electron chi connectivity index (χ0n) is 11.5. The average molecular weight is 338 g/mol.